The van der Waals surface area contributed by atoms with E-state index in [1.165, 1.54) is 18.9 Å². The van der Waals surface area contributed by atoms with Crippen LogP contribution in [0.2, 0.25) is 5.02 Å². The van der Waals surface area contributed by atoms with Crippen molar-refractivity contribution in [2.24, 2.45) is 5.92 Å². The lowest BCUT2D eigenvalue weighted by molar-refractivity contribution is 0.112. The molecule has 2 aliphatic rings. The van der Waals surface area contributed by atoms with Crippen molar-refractivity contribution in [3.63, 3.8) is 0 Å². The lowest BCUT2D eigenvalue weighted by atomic mass is 10.0. The van der Waals surface area contributed by atoms with Crippen molar-refractivity contribution in [3.05, 3.63) is 34.6 Å². The van der Waals surface area contributed by atoms with E-state index < -0.39 is 0 Å². The average Bonchev–Trinajstić information content (AvgIpc) is 3.18. The van der Waals surface area contributed by atoms with Crippen molar-refractivity contribution in [2.45, 2.75) is 38.4 Å². The fraction of sp³-hybridized carbons (Fsp3) is 0.600. The van der Waals surface area contributed by atoms with Gasteiger partial charge in [-0.3, -0.25) is 4.90 Å². The van der Waals surface area contributed by atoms with Crippen LogP contribution in [0, 0.1) is 11.7 Å². The van der Waals surface area contributed by atoms with Gasteiger partial charge in [-0.1, -0.05) is 11.6 Å². The zero-order chi connectivity index (χ0) is 13.4. The Labute approximate surface area is 118 Å². The first-order chi connectivity index (χ1) is 9.13. The van der Waals surface area contributed by atoms with Crippen LogP contribution in [-0.2, 0) is 6.54 Å². The molecule has 2 fully saturated rings. The van der Waals surface area contributed by atoms with Crippen molar-refractivity contribution in [1.29, 1.82) is 0 Å². The van der Waals surface area contributed by atoms with Crippen LogP contribution >= 0.6 is 11.6 Å². The molecule has 1 N–H and O–H groups in total. The largest absolute Gasteiger partial charge is 0.311 e. The summed E-state index contributed by atoms with van der Waals surface area (Å²) in [7, 11) is 0. The second kappa shape index (κ2) is 5.39. The molecule has 1 aliphatic carbocycles. The van der Waals surface area contributed by atoms with Gasteiger partial charge in [0.1, 0.15) is 5.82 Å². The van der Waals surface area contributed by atoms with Gasteiger partial charge in [0.15, 0.2) is 0 Å². The van der Waals surface area contributed by atoms with Gasteiger partial charge in [0.25, 0.3) is 0 Å². The highest BCUT2D eigenvalue weighted by Crippen LogP contribution is 2.37. The van der Waals surface area contributed by atoms with E-state index >= 15 is 0 Å². The number of hydrogen-bond donors (Lipinski definition) is 1. The molecule has 1 aromatic rings. The van der Waals surface area contributed by atoms with Gasteiger partial charge < -0.3 is 5.32 Å². The minimum atomic E-state index is -0.203. The lowest BCUT2D eigenvalue weighted by Gasteiger charge is -2.40. The molecule has 4 heteroatoms. The molecule has 2 nitrogen and oxygen atoms in total. The van der Waals surface area contributed by atoms with Crippen LogP contribution in [0.25, 0.3) is 0 Å². The SMILES string of the molecule is CC1CN(Cc2cc(F)ccc2Cl)C(C2CC2)CN1. The van der Waals surface area contributed by atoms with Crippen LogP contribution in [-0.4, -0.2) is 30.1 Å². The lowest BCUT2D eigenvalue weighted by Crippen LogP contribution is -2.55. The van der Waals surface area contributed by atoms with Crippen LogP contribution in [0.5, 0.6) is 0 Å². The van der Waals surface area contributed by atoms with Crippen molar-refractivity contribution in [3.8, 4) is 0 Å². The average molecular weight is 283 g/mol. The molecule has 1 saturated heterocycles. The van der Waals surface area contributed by atoms with Crippen molar-refractivity contribution >= 4 is 11.6 Å². The van der Waals surface area contributed by atoms with Gasteiger partial charge in [0.05, 0.1) is 0 Å². The third-order valence-corrected chi connectivity index (χ3v) is 4.57. The van der Waals surface area contributed by atoms with E-state index in [1.54, 1.807) is 12.1 Å². The molecule has 3 rings (SSSR count). The Morgan fingerprint density at radius 2 is 2.21 bits per heavy atom. The molecule has 1 aromatic carbocycles. The molecule has 1 aliphatic heterocycles. The number of hydrogen-bond acceptors (Lipinski definition) is 2. The van der Waals surface area contributed by atoms with E-state index in [1.807, 2.05) is 0 Å². The normalized spacial score (nSPS) is 28.6. The van der Waals surface area contributed by atoms with Crippen LogP contribution in [0.3, 0.4) is 0 Å². The number of rotatable bonds is 3. The Bertz CT molecular complexity index is 461. The monoisotopic (exact) mass is 282 g/mol. The molecule has 2 atom stereocenters. The summed E-state index contributed by atoms with van der Waals surface area (Å²) in [5, 5.41) is 4.22. The predicted molar refractivity (Wildman–Crippen MR) is 75.8 cm³/mol. The molecule has 0 amide bonds. The molecule has 0 spiro atoms. The standard InChI is InChI=1S/C15H20ClFN2/c1-10-8-19(15(7-18-10)11-2-3-11)9-12-6-13(17)4-5-14(12)16/h4-6,10-11,15,18H,2-3,7-9H2,1H3. The first kappa shape index (κ1) is 13.3. The van der Waals surface area contributed by atoms with Gasteiger partial charge >= 0.3 is 0 Å². The molecule has 1 saturated carbocycles. The quantitative estimate of drug-likeness (QED) is 0.917. The Hall–Kier alpha value is -0.640. The van der Waals surface area contributed by atoms with Crippen LogP contribution in [0.1, 0.15) is 25.3 Å². The highest BCUT2D eigenvalue weighted by atomic mass is 35.5. The van der Waals surface area contributed by atoms with Gasteiger partial charge in [-0.15, -0.1) is 0 Å². The maximum atomic E-state index is 13.4. The van der Waals surface area contributed by atoms with Gasteiger partial charge in [-0.25, -0.2) is 4.39 Å². The van der Waals surface area contributed by atoms with Gasteiger partial charge in [0.2, 0.25) is 0 Å². The van der Waals surface area contributed by atoms with Crippen LogP contribution in [0.4, 0.5) is 4.39 Å². The second-order valence-corrected chi connectivity index (χ2v) is 6.29. The third kappa shape index (κ3) is 3.10. The molecule has 19 heavy (non-hydrogen) atoms. The summed E-state index contributed by atoms with van der Waals surface area (Å²) >= 11 is 6.19. The Morgan fingerprint density at radius 3 is 2.95 bits per heavy atom. The summed E-state index contributed by atoms with van der Waals surface area (Å²) in [5.74, 6) is 0.609. The summed E-state index contributed by atoms with van der Waals surface area (Å²) in [4.78, 5) is 2.47. The number of halogens is 2. The fourth-order valence-electron chi connectivity index (χ4n) is 3.01. The highest BCUT2D eigenvalue weighted by molar-refractivity contribution is 6.31. The zero-order valence-electron chi connectivity index (χ0n) is 11.2. The smallest absolute Gasteiger partial charge is 0.123 e. The number of nitrogens with zero attached hydrogens (tertiary/aromatic N) is 1. The topological polar surface area (TPSA) is 15.3 Å². The van der Waals surface area contributed by atoms with E-state index in [-0.39, 0.29) is 5.82 Å². The Morgan fingerprint density at radius 1 is 1.42 bits per heavy atom. The molecule has 0 bridgehead atoms. The summed E-state index contributed by atoms with van der Waals surface area (Å²) in [5.41, 5.74) is 0.904. The molecule has 0 radical (unpaired) electrons. The molecule has 104 valence electrons. The number of piperazine rings is 1. The van der Waals surface area contributed by atoms with Gasteiger partial charge in [-0.05, 0) is 49.4 Å². The number of benzene rings is 1. The maximum absolute atomic E-state index is 13.4. The van der Waals surface area contributed by atoms with Crippen LogP contribution in [0.15, 0.2) is 18.2 Å². The first-order valence-electron chi connectivity index (χ1n) is 7.05. The third-order valence-electron chi connectivity index (χ3n) is 4.20. The minimum absolute atomic E-state index is 0.203. The van der Waals surface area contributed by atoms with Crippen LogP contribution < -0.4 is 5.32 Å². The maximum Gasteiger partial charge on any atom is 0.123 e. The van der Waals surface area contributed by atoms with E-state index in [2.05, 4.69) is 17.1 Å². The molecule has 2 unspecified atom stereocenters. The van der Waals surface area contributed by atoms with E-state index in [0.717, 1.165) is 31.1 Å². The van der Waals surface area contributed by atoms with E-state index in [4.69, 9.17) is 11.6 Å². The summed E-state index contributed by atoms with van der Waals surface area (Å²) in [6.07, 6.45) is 2.65. The Kier molecular flexibility index (Phi) is 3.79. The summed E-state index contributed by atoms with van der Waals surface area (Å²) < 4.78 is 13.4. The van der Waals surface area contributed by atoms with Gasteiger partial charge in [-0.2, -0.15) is 0 Å². The highest BCUT2D eigenvalue weighted by Gasteiger charge is 2.37. The van der Waals surface area contributed by atoms with E-state index in [9.17, 15) is 4.39 Å². The Balaban J connectivity index is 1.76. The van der Waals surface area contributed by atoms with Gasteiger partial charge in [0, 0.05) is 36.7 Å². The number of nitrogens with one attached hydrogen (secondary N) is 1. The zero-order valence-corrected chi connectivity index (χ0v) is 12.0. The van der Waals surface area contributed by atoms with E-state index in [0.29, 0.717) is 17.1 Å². The molecule has 1 heterocycles. The molecular weight excluding hydrogens is 263 g/mol. The molecule has 0 aromatic heterocycles. The predicted octanol–water partition coefficient (Wildman–Crippen LogP) is 3.05. The van der Waals surface area contributed by atoms with Crippen molar-refractivity contribution < 1.29 is 4.39 Å². The second-order valence-electron chi connectivity index (χ2n) is 5.88. The minimum Gasteiger partial charge on any atom is -0.311 e. The first-order valence-corrected chi connectivity index (χ1v) is 7.42. The summed E-state index contributed by atoms with van der Waals surface area (Å²) in [6.45, 7) is 5.00. The van der Waals surface area contributed by atoms with Crippen molar-refractivity contribution in [1.82, 2.24) is 10.2 Å². The molecular formula is C15H20ClFN2. The van der Waals surface area contributed by atoms with Crippen molar-refractivity contribution in [2.75, 3.05) is 13.1 Å². The summed E-state index contributed by atoms with van der Waals surface area (Å²) in [6, 6.07) is 5.71. The fourth-order valence-corrected chi connectivity index (χ4v) is 3.19.